The van der Waals surface area contributed by atoms with E-state index in [-0.39, 0.29) is 11.3 Å². The summed E-state index contributed by atoms with van der Waals surface area (Å²) in [5.74, 6) is 0.291. The second-order valence-corrected chi connectivity index (χ2v) is 6.32. The van der Waals surface area contributed by atoms with Gasteiger partial charge in [0.1, 0.15) is 0 Å². The molecule has 6 heteroatoms. The van der Waals surface area contributed by atoms with Crippen LogP contribution in [-0.4, -0.2) is 16.7 Å². The van der Waals surface area contributed by atoms with E-state index in [9.17, 15) is 9.18 Å². The maximum Gasteiger partial charge on any atom is 0.262 e. The van der Waals surface area contributed by atoms with Gasteiger partial charge in [0.2, 0.25) is 0 Å². The van der Waals surface area contributed by atoms with Crippen molar-refractivity contribution in [2.45, 2.75) is 17.5 Å². The highest BCUT2D eigenvalue weighted by Crippen LogP contribution is 2.25. The Bertz CT molecular complexity index is 985. The zero-order valence-electron chi connectivity index (χ0n) is 13.7. The summed E-state index contributed by atoms with van der Waals surface area (Å²) in [4.78, 5) is 17.3. The number of halogens is 1. The van der Waals surface area contributed by atoms with Gasteiger partial charge in [0, 0.05) is 12.3 Å². The first-order valence-corrected chi connectivity index (χ1v) is 8.68. The molecule has 0 amide bonds. The molecule has 0 atom stereocenters. The first-order chi connectivity index (χ1) is 12.1. The Hall–Kier alpha value is -2.60. The fourth-order valence-corrected chi connectivity index (χ4v) is 3.45. The van der Waals surface area contributed by atoms with Crippen molar-refractivity contribution in [2.75, 3.05) is 7.11 Å². The third kappa shape index (κ3) is 3.58. The summed E-state index contributed by atoms with van der Waals surface area (Å²) in [6.45, 7) is 4.08. The predicted octanol–water partition coefficient (Wildman–Crippen LogP) is 4.02. The monoisotopic (exact) mass is 356 g/mol. The molecule has 0 saturated heterocycles. The number of thioether (sulfide) groups is 1. The summed E-state index contributed by atoms with van der Waals surface area (Å²) >= 11 is 1.39. The molecule has 1 heterocycles. The topological polar surface area (TPSA) is 44.1 Å². The van der Waals surface area contributed by atoms with Crippen LogP contribution in [0.2, 0.25) is 0 Å². The quantitative estimate of drug-likeness (QED) is 0.380. The van der Waals surface area contributed by atoms with Crippen LogP contribution in [0.25, 0.3) is 10.9 Å². The van der Waals surface area contributed by atoms with Crippen LogP contribution in [-0.2, 0) is 12.3 Å². The minimum Gasteiger partial charge on any atom is -0.494 e. The van der Waals surface area contributed by atoms with E-state index in [1.165, 1.54) is 24.9 Å². The van der Waals surface area contributed by atoms with Gasteiger partial charge in [0.15, 0.2) is 16.7 Å². The first kappa shape index (κ1) is 17.2. The number of allylic oxidation sites excluding steroid dienone is 1. The van der Waals surface area contributed by atoms with Gasteiger partial charge in [-0.3, -0.25) is 9.36 Å². The van der Waals surface area contributed by atoms with E-state index in [2.05, 4.69) is 11.6 Å². The van der Waals surface area contributed by atoms with E-state index in [4.69, 9.17) is 4.74 Å². The van der Waals surface area contributed by atoms with Crippen LogP contribution in [0, 0.1) is 5.82 Å². The van der Waals surface area contributed by atoms with Gasteiger partial charge in [-0.15, -0.1) is 6.58 Å². The van der Waals surface area contributed by atoms with Gasteiger partial charge < -0.3 is 4.74 Å². The van der Waals surface area contributed by atoms with E-state index in [0.717, 1.165) is 5.56 Å². The third-order valence-corrected chi connectivity index (χ3v) is 4.77. The average Bonchev–Trinajstić information content (AvgIpc) is 2.63. The lowest BCUT2D eigenvalue weighted by atomic mass is 10.2. The van der Waals surface area contributed by atoms with Crippen LogP contribution >= 0.6 is 11.8 Å². The molecule has 0 saturated carbocycles. The standard InChI is InChI=1S/C19H17FN2O2S/c1-3-10-22-18(23)14-6-4-5-7-16(14)21-19(22)25-12-13-8-9-17(24-2)15(20)11-13/h3-9,11H,1,10,12H2,2H3. The fraction of sp³-hybridized carbons (Fsp3) is 0.158. The molecule has 0 radical (unpaired) electrons. The molecule has 1 aromatic heterocycles. The van der Waals surface area contributed by atoms with Crippen LogP contribution in [0.1, 0.15) is 5.56 Å². The number of fused-ring (bicyclic) bond motifs is 1. The molecular formula is C19H17FN2O2S. The molecule has 0 aliphatic heterocycles. The van der Waals surface area contributed by atoms with Crippen molar-refractivity contribution in [3.8, 4) is 5.75 Å². The Labute approximate surface area is 149 Å². The minimum absolute atomic E-state index is 0.103. The number of methoxy groups -OCH3 is 1. The number of benzene rings is 2. The highest BCUT2D eigenvalue weighted by molar-refractivity contribution is 7.98. The summed E-state index contributed by atoms with van der Waals surface area (Å²) in [5.41, 5.74) is 1.33. The maximum absolute atomic E-state index is 13.8. The molecule has 2 aromatic carbocycles. The summed E-state index contributed by atoms with van der Waals surface area (Å²) in [7, 11) is 1.43. The Balaban J connectivity index is 1.95. The molecule has 4 nitrogen and oxygen atoms in total. The van der Waals surface area contributed by atoms with Crippen molar-refractivity contribution in [3.63, 3.8) is 0 Å². The molecule has 25 heavy (non-hydrogen) atoms. The van der Waals surface area contributed by atoms with Gasteiger partial charge in [0.25, 0.3) is 5.56 Å². The Morgan fingerprint density at radius 2 is 2.12 bits per heavy atom. The predicted molar refractivity (Wildman–Crippen MR) is 98.7 cm³/mol. The van der Waals surface area contributed by atoms with E-state index in [1.54, 1.807) is 28.8 Å². The number of rotatable bonds is 6. The Kier molecular flexibility index (Phi) is 5.19. The molecule has 0 fully saturated rings. The Morgan fingerprint density at radius 3 is 2.84 bits per heavy atom. The lowest BCUT2D eigenvalue weighted by Crippen LogP contribution is -2.22. The van der Waals surface area contributed by atoms with Gasteiger partial charge >= 0.3 is 0 Å². The SMILES string of the molecule is C=CCn1c(SCc2ccc(OC)c(F)c2)nc2ccccc2c1=O. The largest absolute Gasteiger partial charge is 0.494 e. The maximum atomic E-state index is 13.8. The highest BCUT2D eigenvalue weighted by Gasteiger charge is 2.11. The van der Waals surface area contributed by atoms with E-state index in [0.29, 0.717) is 28.4 Å². The van der Waals surface area contributed by atoms with Crippen LogP contribution in [0.15, 0.2) is 65.1 Å². The molecule has 3 rings (SSSR count). The van der Waals surface area contributed by atoms with Crippen molar-refractivity contribution in [1.82, 2.24) is 9.55 Å². The van der Waals surface area contributed by atoms with Crippen molar-refractivity contribution < 1.29 is 9.13 Å². The van der Waals surface area contributed by atoms with Crippen molar-refractivity contribution >= 4 is 22.7 Å². The normalized spacial score (nSPS) is 10.8. The summed E-state index contributed by atoms with van der Waals surface area (Å²) in [5, 5.41) is 1.16. The highest BCUT2D eigenvalue weighted by atomic mass is 32.2. The van der Waals surface area contributed by atoms with Crippen molar-refractivity contribution in [1.29, 1.82) is 0 Å². The number of ether oxygens (including phenoxy) is 1. The van der Waals surface area contributed by atoms with Crippen molar-refractivity contribution in [2.24, 2.45) is 0 Å². The van der Waals surface area contributed by atoms with Gasteiger partial charge in [-0.1, -0.05) is 36.0 Å². The van der Waals surface area contributed by atoms with Gasteiger partial charge in [-0.2, -0.15) is 0 Å². The van der Waals surface area contributed by atoms with Gasteiger partial charge in [-0.05, 0) is 29.8 Å². The minimum atomic E-state index is -0.407. The van der Waals surface area contributed by atoms with Gasteiger partial charge in [0.05, 0.1) is 18.0 Å². The number of nitrogens with zero attached hydrogens (tertiary/aromatic N) is 2. The fourth-order valence-electron chi connectivity index (χ4n) is 2.50. The van der Waals surface area contributed by atoms with Crippen molar-refractivity contribution in [3.05, 3.63) is 76.9 Å². The van der Waals surface area contributed by atoms with Crippen LogP contribution < -0.4 is 10.3 Å². The molecule has 0 aliphatic carbocycles. The molecule has 0 aliphatic rings. The summed E-state index contributed by atoms with van der Waals surface area (Å²) in [6.07, 6.45) is 1.66. The lowest BCUT2D eigenvalue weighted by Gasteiger charge is -2.11. The van der Waals surface area contributed by atoms with Gasteiger partial charge in [-0.25, -0.2) is 9.37 Å². The van der Waals surface area contributed by atoms with E-state index < -0.39 is 5.82 Å². The zero-order valence-corrected chi connectivity index (χ0v) is 14.6. The molecule has 0 unspecified atom stereocenters. The number of hydrogen-bond donors (Lipinski definition) is 0. The number of hydrogen-bond acceptors (Lipinski definition) is 4. The zero-order chi connectivity index (χ0) is 17.8. The van der Waals surface area contributed by atoms with Crippen LogP contribution in [0.5, 0.6) is 5.75 Å². The van der Waals surface area contributed by atoms with Crippen LogP contribution in [0.4, 0.5) is 4.39 Å². The Morgan fingerprint density at radius 1 is 1.32 bits per heavy atom. The summed E-state index contributed by atoms with van der Waals surface area (Å²) in [6, 6.07) is 12.1. The molecule has 0 bridgehead atoms. The lowest BCUT2D eigenvalue weighted by molar-refractivity contribution is 0.386. The number of aromatic nitrogens is 2. The molecular weight excluding hydrogens is 339 g/mol. The van der Waals surface area contributed by atoms with Crippen LogP contribution in [0.3, 0.4) is 0 Å². The molecule has 0 N–H and O–H groups in total. The third-order valence-electron chi connectivity index (χ3n) is 3.72. The molecule has 3 aromatic rings. The second kappa shape index (κ2) is 7.53. The first-order valence-electron chi connectivity index (χ1n) is 7.69. The molecule has 0 spiro atoms. The van der Waals surface area contributed by atoms with E-state index in [1.807, 2.05) is 18.2 Å². The molecule has 128 valence electrons. The number of para-hydroxylation sites is 1. The smallest absolute Gasteiger partial charge is 0.262 e. The van der Waals surface area contributed by atoms with E-state index >= 15 is 0 Å². The average molecular weight is 356 g/mol. The second-order valence-electron chi connectivity index (χ2n) is 5.37. The summed E-state index contributed by atoms with van der Waals surface area (Å²) < 4.78 is 20.3.